The standard InChI is InChI=1S/C8H9O6P/c9-8(15(10,11)12)5-2-1-3-6-7(5)14-4-13-6/h1-3,8-9H,4H2,(H2,10,11,12)/t8-/m1/s1. The fraction of sp³-hybridized carbons (Fsp3) is 0.250. The summed E-state index contributed by atoms with van der Waals surface area (Å²) >= 11 is 0. The summed E-state index contributed by atoms with van der Waals surface area (Å²) in [5.74, 6) is -1.32. The van der Waals surface area contributed by atoms with Gasteiger partial charge >= 0.3 is 7.60 Å². The lowest BCUT2D eigenvalue weighted by Gasteiger charge is -2.14. The molecule has 0 aliphatic carbocycles. The van der Waals surface area contributed by atoms with Crippen molar-refractivity contribution in [2.24, 2.45) is 0 Å². The molecule has 1 atom stereocenters. The van der Waals surface area contributed by atoms with E-state index in [4.69, 9.17) is 19.3 Å². The molecule has 82 valence electrons. The van der Waals surface area contributed by atoms with Gasteiger partial charge < -0.3 is 24.4 Å². The number of ether oxygens (including phenoxy) is 2. The van der Waals surface area contributed by atoms with Crippen molar-refractivity contribution in [2.45, 2.75) is 5.85 Å². The number of hydrogen-bond donors (Lipinski definition) is 3. The molecule has 0 radical (unpaired) electrons. The molecule has 0 aromatic heterocycles. The predicted octanol–water partition coefficient (Wildman–Crippen LogP) is 0.584. The van der Waals surface area contributed by atoms with E-state index in [2.05, 4.69) is 0 Å². The van der Waals surface area contributed by atoms with Crippen molar-refractivity contribution >= 4 is 7.60 Å². The SMILES string of the molecule is O=P(O)(O)[C@@H](O)c1cccc2c1OCO2. The van der Waals surface area contributed by atoms with Crippen LogP contribution >= 0.6 is 7.60 Å². The molecule has 6 nitrogen and oxygen atoms in total. The predicted molar refractivity (Wildman–Crippen MR) is 49.6 cm³/mol. The van der Waals surface area contributed by atoms with Crippen LogP contribution in [-0.2, 0) is 4.57 Å². The van der Waals surface area contributed by atoms with Crippen molar-refractivity contribution in [2.75, 3.05) is 6.79 Å². The van der Waals surface area contributed by atoms with Gasteiger partial charge in [-0.25, -0.2) is 0 Å². The number of rotatable bonds is 2. The minimum atomic E-state index is -4.59. The van der Waals surface area contributed by atoms with Gasteiger partial charge in [0.05, 0.1) is 0 Å². The number of aliphatic hydroxyl groups excluding tert-OH is 1. The van der Waals surface area contributed by atoms with E-state index >= 15 is 0 Å². The van der Waals surface area contributed by atoms with E-state index in [1.165, 1.54) is 12.1 Å². The Morgan fingerprint density at radius 3 is 2.73 bits per heavy atom. The summed E-state index contributed by atoms with van der Waals surface area (Å²) in [7, 11) is -4.59. The monoisotopic (exact) mass is 232 g/mol. The Labute approximate surface area is 85.2 Å². The van der Waals surface area contributed by atoms with Gasteiger partial charge in [0.15, 0.2) is 17.3 Å². The molecule has 1 aliphatic heterocycles. The van der Waals surface area contributed by atoms with Gasteiger partial charge in [-0.15, -0.1) is 0 Å². The summed E-state index contributed by atoms with van der Waals surface area (Å²) in [6, 6.07) is 4.51. The molecular weight excluding hydrogens is 223 g/mol. The maximum absolute atomic E-state index is 10.9. The second-order valence-electron chi connectivity index (χ2n) is 3.04. The van der Waals surface area contributed by atoms with Crippen LogP contribution < -0.4 is 9.47 Å². The molecule has 1 aliphatic rings. The Balaban J connectivity index is 2.46. The smallest absolute Gasteiger partial charge is 0.358 e. The summed E-state index contributed by atoms with van der Waals surface area (Å²) in [5.41, 5.74) is 0.0401. The largest absolute Gasteiger partial charge is 0.454 e. The highest BCUT2D eigenvalue weighted by Crippen LogP contribution is 2.53. The molecule has 0 fully saturated rings. The van der Waals surface area contributed by atoms with E-state index in [9.17, 15) is 9.67 Å². The van der Waals surface area contributed by atoms with Crippen LogP contribution in [0.15, 0.2) is 18.2 Å². The Hall–Kier alpha value is -1.07. The molecule has 1 aromatic rings. The summed E-state index contributed by atoms with van der Waals surface area (Å²) in [4.78, 5) is 17.7. The lowest BCUT2D eigenvalue weighted by atomic mass is 10.2. The minimum Gasteiger partial charge on any atom is -0.454 e. The van der Waals surface area contributed by atoms with Crippen LogP contribution in [0.4, 0.5) is 0 Å². The highest BCUT2D eigenvalue weighted by atomic mass is 31.2. The van der Waals surface area contributed by atoms with Crippen molar-refractivity contribution < 1.29 is 28.9 Å². The van der Waals surface area contributed by atoms with E-state index in [1.54, 1.807) is 6.07 Å². The van der Waals surface area contributed by atoms with E-state index in [-0.39, 0.29) is 18.1 Å². The van der Waals surface area contributed by atoms with Crippen molar-refractivity contribution in [1.29, 1.82) is 0 Å². The van der Waals surface area contributed by atoms with Crippen LogP contribution in [0.1, 0.15) is 11.4 Å². The molecule has 3 N–H and O–H groups in total. The molecule has 0 saturated heterocycles. The molecule has 0 unspecified atom stereocenters. The highest BCUT2D eigenvalue weighted by Gasteiger charge is 2.33. The third kappa shape index (κ3) is 1.85. The zero-order valence-corrected chi connectivity index (χ0v) is 8.42. The molecule has 7 heteroatoms. The van der Waals surface area contributed by atoms with Crippen molar-refractivity contribution in [1.82, 2.24) is 0 Å². The first kappa shape index (κ1) is 10.4. The lowest BCUT2D eigenvalue weighted by Crippen LogP contribution is -2.00. The fourth-order valence-corrected chi connectivity index (χ4v) is 1.90. The average Bonchev–Trinajstić information content (AvgIpc) is 2.62. The van der Waals surface area contributed by atoms with Crippen molar-refractivity contribution in [3.8, 4) is 11.5 Å². The summed E-state index contributed by atoms with van der Waals surface area (Å²) in [6.07, 6.45) is 0. The summed E-state index contributed by atoms with van der Waals surface area (Å²) in [6.45, 7) is -0.0137. The topological polar surface area (TPSA) is 96.2 Å². The first-order chi connectivity index (χ1) is 7.00. The van der Waals surface area contributed by atoms with Crippen molar-refractivity contribution in [3.05, 3.63) is 23.8 Å². The maximum Gasteiger partial charge on any atom is 0.358 e. The van der Waals surface area contributed by atoms with Gasteiger partial charge in [0.2, 0.25) is 6.79 Å². The Morgan fingerprint density at radius 2 is 2.07 bits per heavy atom. The lowest BCUT2D eigenvalue weighted by molar-refractivity contribution is 0.167. The van der Waals surface area contributed by atoms with Gasteiger partial charge in [-0.3, -0.25) is 4.57 Å². The number of hydrogen-bond acceptors (Lipinski definition) is 4. The molecule has 0 amide bonds. The Morgan fingerprint density at radius 1 is 1.33 bits per heavy atom. The average molecular weight is 232 g/mol. The molecule has 0 saturated carbocycles. The second-order valence-corrected chi connectivity index (χ2v) is 4.71. The van der Waals surface area contributed by atoms with E-state index < -0.39 is 13.4 Å². The third-order valence-electron chi connectivity index (χ3n) is 2.02. The van der Waals surface area contributed by atoms with Gasteiger partial charge in [0.25, 0.3) is 0 Å². The van der Waals surface area contributed by atoms with E-state index in [0.29, 0.717) is 5.75 Å². The summed E-state index contributed by atoms with van der Waals surface area (Å²) in [5, 5.41) is 9.42. The number of fused-ring (bicyclic) bond motifs is 1. The van der Waals surface area contributed by atoms with Crippen LogP contribution in [0.5, 0.6) is 11.5 Å². The molecule has 15 heavy (non-hydrogen) atoms. The third-order valence-corrected chi connectivity index (χ3v) is 2.94. The van der Waals surface area contributed by atoms with Crippen LogP contribution in [-0.4, -0.2) is 21.7 Å². The van der Waals surface area contributed by atoms with Crippen LogP contribution in [0.25, 0.3) is 0 Å². The van der Waals surface area contributed by atoms with Crippen LogP contribution in [0, 0.1) is 0 Å². The van der Waals surface area contributed by atoms with Crippen LogP contribution in [0.3, 0.4) is 0 Å². The molecule has 0 spiro atoms. The van der Waals surface area contributed by atoms with E-state index in [0.717, 1.165) is 0 Å². The molecular formula is C8H9O6P. The maximum atomic E-state index is 10.9. The molecule has 1 aromatic carbocycles. The highest BCUT2D eigenvalue weighted by molar-refractivity contribution is 7.51. The minimum absolute atomic E-state index is 0.0137. The van der Waals surface area contributed by atoms with E-state index in [1.807, 2.05) is 0 Å². The first-order valence-corrected chi connectivity index (χ1v) is 5.80. The van der Waals surface area contributed by atoms with Crippen molar-refractivity contribution in [3.63, 3.8) is 0 Å². The quantitative estimate of drug-likeness (QED) is 0.645. The zero-order chi connectivity index (χ0) is 11.1. The Bertz CT molecular complexity index is 425. The molecule has 1 heterocycles. The van der Waals surface area contributed by atoms with Gasteiger partial charge in [-0.1, -0.05) is 12.1 Å². The Kier molecular flexibility index (Phi) is 2.44. The summed E-state index contributed by atoms with van der Waals surface area (Å²) < 4.78 is 20.9. The fourth-order valence-electron chi connectivity index (χ4n) is 1.34. The van der Waals surface area contributed by atoms with Gasteiger partial charge in [0, 0.05) is 5.56 Å². The van der Waals surface area contributed by atoms with Gasteiger partial charge in [-0.05, 0) is 6.07 Å². The number of benzene rings is 1. The molecule has 0 bridgehead atoms. The number of aliphatic hydroxyl groups is 1. The second kappa shape index (κ2) is 3.50. The first-order valence-electron chi connectivity index (χ1n) is 4.12. The normalized spacial score (nSPS) is 16.5. The number of para-hydroxylation sites is 1. The zero-order valence-electron chi connectivity index (χ0n) is 7.53. The molecule has 2 rings (SSSR count). The van der Waals surface area contributed by atoms with Gasteiger partial charge in [0.1, 0.15) is 0 Å². The van der Waals surface area contributed by atoms with Gasteiger partial charge in [-0.2, -0.15) is 0 Å². The van der Waals surface area contributed by atoms with Crippen LogP contribution in [0.2, 0.25) is 0 Å².